The number of halogens is 1. The van der Waals surface area contributed by atoms with Crippen molar-refractivity contribution in [2.75, 3.05) is 32.8 Å². The quantitative estimate of drug-likeness (QED) is 0.810. The first-order valence-electron chi connectivity index (χ1n) is 10.2. The number of carbonyl (C=O) groups is 1. The van der Waals surface area contributed by atoms with Crippen molar-refractivity contribution in [2.45, 2.75) is 33.4 Å². The number of hydrogen-bond donors (Lipinski definition) is 1. The van der Waals surface area contributed by atoms with E-state index in [9.17, 15) is 19.1 Å². The van der Waals surface area contributed by atoms with E-state index in [1.54, 1.807) is 41.5 Å². The van der Waals surface area contributed by atoms with Crippen molar-refractivity contribution in [3.63, 3.8) is 0 Å². The van der Waals surface area contributed by atoms with Crippen LogP contribution in [0.3, 0.4) is 0 Å². The van der Waals surface area contributed by atoms with Crippen LogP contribution in [0.2, 0.25) is 0 Å². The molecule has 7 nitrogen and oxygen atoms in total. The van der Waals surface area contributed by atoms with E-state index in [-0.39, 0.29) is 28.8 Å². The summed E-state index contributed by atoms with van der Waals surface area (Å²) in [5, 5.41) is 10.7. The number of piperazine rings is 1. The molecule has 1 aliphatic rings. The summed E-state index contributed by atoms with van der Waals surface area (Å²) < 4.78 is 20.2. The molecule has 0 radical (unpaired) electrons. The van der Waals surface area contributed by atoms with Gasteiger partial charge in [-0.2, -0.15) is 0 Å². The molecule has 1 aliphatic heterocycles. The lowest BCUT2D eigenvalue weighted by atomic mass is 9.96. The second kappa shape index (κ2) is 9.30. The monoisotopic (exact) mass is 417 g/mol. The van der Waals surface area contributed by atoms with Crippen LogP contribution in [0.15, 0.2) is 35.1 Å². The smallest absolute Gasteiger partial charge is 0.409 e. The molecular formula is C22H28FN3O4. The number of aromatic hydroxyl groups is 1. The molecule has 162 valence electrons. The van der Waals surface area contributed by atoms with Crippen LogP contribution in [0.1, 0.15) is 36.7 Å². The van der Waals surface area contributed by atoms with E-state index in [0.29, 0.717) is 50.6 Å². The first kappa shape index (κ1) is 21.8. The van der Waals surface area contributed by atoms with Crippen LogP contribution in [0.25, 0.3) is 0 Å². The highest BCUT2D eigenvalue weighted by molar-refractivity contribution is 5.67. The van der Waals surface area contributed by atoms with E-state index < -0.39 is 6.04 Å². The summed E-state index contributed by atoms with van der Waals surface area (Å²) >= 11 is 0. The van der Waals surface area contributed by atoms with Crippen molar-refractivity contribution >= 4 is 6.09 Å². The van der Waals surface area contributed by atoms with Gasteiger partial charge in [0.05, 0.1) is 18.2 Å². The first-order chi connectivity index (χ1) is 14.4. The van der Waals surface area contributed by atoms with Gasteiger partial charge in [0, 0.05) is 38.4 Å². The molecule has 0 bridgehead atoms. The maximum Gasteiger partial charge on any atom is 0.409 e. The summed E-state index contributed by atoms with van der Waals surface area (Å²) in [6.45, 7) is 8.04. The molecule has 0 spiro atoms. The minimum Gasteiger partial charge on any atom is -0.507 e. The molecule has 8 heteroatoms. The SMILES string of the molecule is CCOC(=O)N1CCN([C@@H](c2ccc(F)cc2)c2c(O)cc(C)n(CC)c2=O)CC1. The van der Waals surface area contributed by atoms with Crippen LogP contribution in [0, 0.1) is 12.7 Å². The molecular weight excluding hydrogens is 389 g/mol. The summed E-state index contributed by atoms with van der Waals surface area (Å²) in [7, 11) is 0. The Morgan fingerprint density at radius 1 is 1.17 bits per heavy atom. The lowest BCUT2D eigenvalue weighted by molar-refractivity contribution is 0.0709. The fourth-order valence-corrected chi connectivity index (χ4v) is 4.00. The molecule has 1 saturated heterocycles. The number of amides is 1. The highest BCUT2D eigenvalue weighted by atomic mass is 19.1. The van der Waals surface area contributed by atoms with Crippen molar-refractivity contribution in [3.8, 4) is 5.75 Å². The zero-order valence-electron chi connectivity index (χ0n) is 17.6. The number of aromatic nitrogens is 1. The molecule has 0 aliphatic carbocycles. The predicted molar refractivity (Wildman–Crippen MR) is 111 cm³/mol. The number of aryl methyl sites for hydroxylation is 1. The Hall–Kier alpha value is -2.87. The third-order valence-corrected chi connectivity index (χ3v) is 5.50. The van der Waals surface area contributed by atoms with Gasteiger partial charge in [0.2, 0.25) is 0 Å². The van der Waals surface area contributed by atoms with Gasteiger partial charge in [0.15, 0.2) is 0 Å². The fraction of sp³-hybridized carbons (Fsp3) is 0.455. The van der Waals surface area contributed by atoms with E-state index in [1.807, 2.05) is 11.8 Å². The standard InChI is InChI=1S/C22H28FN3O4/c1-4-26-15(3)14-18(27)19(21(26)28)20(16-6-8-17(23)9-7-16)24-10-12-25(13-11-24)22(29)30-5-2/h6-9,14,20,27H,4-5,10-13H2,1-3H3/t20-/m0/s1. The molecule has 1 atom stereocenters. The van der Waals surface area contributed by atoms with Gasteiger partial charge in [-0.3, -0.25) is 9.69 Å². The minimum atomic E-state index is -0.555. The van der Waals surface area contributed by atoms with Crippen LogP contribution in [0.5, 0.6) is 5.75 Å². The van der Waals surface area contributed by atoms with E-state index in [2.05, 4.69) is 0 Å². The number of carbonyl (C=O) groups excluding carboxylic acids is 1. The Bertz CT molecular complexity index is 950. The van der Waals surface area contributed by atoms with Crippen molar-refractivity contribution in [1.29, 1.82) is 0 Å². The molecule has 3 rings (SSSR count). The van der Waals surface area contributed by atoms with Crippen LogP contribution in [-0.4, -0.2) is 58.4 Å². The van der Waals surface area contributed by atoms with Gasteiger partial charge in [-0.25, -0.2) is 9.18 Å². The molecule has 1 N–H and O–H groups in total. The maximum absolute atomic E-state index is 13.6. The van der Waals surface area contributed by atoms with Gasteiger partial charge < -0.3 is 19.3 Å². The van der Waals surface area contributed by atoms with Crippen LogP contribution < -0.4 is 5.56 Å². The number of ether oxygens (including phenoxy) is 1. The summed E-state index contributed by atoms with van der Waals surface area (Å²) in [6, 6.07) is 6.99. The molecule has 2 heterocycles. The molecule has 1 aromatic heterocycles. The van der Waals surface area contributed by atoms with E-state index in [0.717, 1.165) is 0 Å². The van der Waals surface area contributed by atoms with Crippen molar-refractivity contribution < 1.29 is 19.0 Å². The summed E-state index contributed by atoms with van der Waals surface area (Å²) in [5.41, 5.74) is 1.38. The summed E-state index contributed by atoms with van der Waals surface area (Å²) in [4.78, 5) is 28.9. The lowest BCUT2D eigenvalue weighted by Gasteiger charge is -2.39. The third-order valence-electron chi connectivity index (χ3n) is 5.50. The predicted octanol–water partition coefficient (Wildman–Crippen LogP) is 2.88. The molecule has 2 aromatic rings. The lowest BCUT2D eigenvalue weighted by Crippen LogP contribution is -2.50. The highest BCUT2D eigenvalue weighted by Gasteiger charge is 2.32. The molecule has 1 aromatic carbocycles. The van der Waals surface area contributed by atoms with Crippen molar-refractivity contribution in [3.05, 3.63) is 63.3 Å². The Labute approximate surface area is 175 Å². The van der Waals surface area contributed by atoms with Gasteiger partial charge in [-0.15, -0.1) is 0 Å². The summed E-state index contributed by atoms with van der Waals surface area (Å²) in [5.74, 6) is -0.451. The Kier molecular flexibility index (Phi) is 6.77. The van der Waals surface area contributed by atoms with Gasteiger partial charge >= 0.3 is 6.09 Å². The minimum absolute atomic E-state index is 0.0793. The topological polar surface area (TPSA) is 75.0 Å². The van der Waals surface area contributed by atoms with E-state index in [1.165, 1.54) is 12.1 Å². The number of rotatable bonds is 5. The van der Waals surface area contributed by atoms with Crippen LogP contribution >= 0.6 is 0 Å². The van der Waals surface area contributed by atoms with Crippen molar-refractivity contribution in [1.82, 2.24) is 14.4 Å². The zero-order valence-corrected chi connectivity index (χ0v) is 17.6. The zero-order chi connectivity index (χ0) is 21.8. The average Bonchev–Trinajstić information content (AvgIpc) is 2.72. The summed E-state index contributed by atoms with van der Waals surface area (Å²) in [6.07, 6.45) is -0.359. The Morgan fingerprint density at radius 2 is 1.80 bits per heavy atom. The van der Waals surface area contributed by atoms with Crippen LogP contribution in [0.4, 0.5) is 9.18 Å². The van der Waals surface area contributed by atoms with Gasteiger partial charge in [0.25, 0.3) is 5.56 Å². The molecule has 0 unspecified atom stereocenters. The molecule has 1 amide bonds. The number of pyridine rings is 1. The maximum atomic E-state index is 13.6. The Balaban J connectivity index is 2.01. The van der Waals surface area contributed by atoms with Gasteiger partial charge in [-0.1, -0.05) is 12.1 Å². The van der Waals surface area contributed by atoms with Gasteiger partial charge in [-0.05, 0) is 44.5 Å². The first-order valence-corrected chi connectivity index (χ1v) is 10.2. The number of nitrogens with zero attached hydrogens (tertiary/aromatic N) is 3. The van der Waals surface area contributed by atoms with E-state index >= 15 is 0 Å². The van der Waals surface area contributed by atoms with Crippen LogP contribution in [-0.2, 0) is 11.3 Å². The molecule has 30 heavy (non-hydrogen) atoms. The second-order valence-electron chi connectivity index (χ2n) is 7.31. The largest absolute Gasteiger partial charge is 0.507 e. The highest BCUT2D eigenvalue weighted by Crippen LogP contribution is 2.33. The van der Waals surface area contributed by atoms with Crippen molar-refractivity contribution in [2.24, 2.45) is 0 Å². The fourth-order valence-electron chi connectivity index (χ4n) is 4.00. The second-order valence-corrected chi connectivity index (χ2v) is 7.31. The van der Waals surface area contributed by atoms with Gasteiger partial charge in [0.1, 0.15) is 11.6 Å². The number of benzene rings is 1. The molecule has 1 fully saturated rings. The third kappa shape index (κ3) is 4.33. The Morgan fingerprint density at radius 3 is 2.37 bits per heavy atom. The molecule has 0 saturated carbocycles. The van der Waals surface area contributed by atoms with E-state index in [4.69, 9.17) is 4.74 Å². The average molecular weight is 417 g/mol. The number of hydrogen-bond acceptors (Lipinski definition) is 5. The normalized spacial score (nSPS) is 15.8.